The van der Waals surface area contributed by atoms with Gasteiger partial charge in [-0.05, 0) is 19.8 Å². The molecule has 0 saturated carbocycles. The third-order valence-electron chi connectivity index (χ3n) is 1.57. The standard InChI is InChI=1S/C4H8O2S.C4H10O2.C2H4O2/c5-7(6)3-1-2-4-7;1-4(5)3-6-2;1-2(3)4/h1-4H2;4-5H,3H2,1-2H3;1H3,(H,3,4). The summed E-state index contributed by atoms with van der Waals surface area (Å²) in [4.78, 5) is 9.00. The second-order valence-electron chi connectivity index (χ2n) is 3.68. The fraction of sp³-hybridized carbons (Fsp3) is 0.900. The predicted octanol–water partition coefficient (Wildman–Crippen LogP) is 0.299. The van der Waals surface area contributed by atoms with Gasteiger partial charge in [-0.25, -0.2) is 8.42 Å². The van der Waals surface area contributed by atoms with Crippen LogP contribution in [0.15, 0.2) is 0 Å². The molecule has 0 aromatic carbocycles. The Hall–Kier alpha value is -0.660. The first-order valence-corrected chi connectivity index (χ1v) is 7.10. The van der Waals surface area contributed by atoms with Crippen LogP contribution in [-0.4, -0.2) is 55.9 Å². The molecule has 0 amide bonds. The lowest BCUT2D eigenvalue weighted by Crippen LogP contribution is -2.07. The first-order valence-electron chi connectivity index (χ1n) is 5.28. The quantitative estimate of drug-likeness (QED) is 0.748. The fourth-order valence-electron chi connectivity index (χ4n) is 0.987. The molecule has 1 aliphatic rings. The number of aliphatic hydroxyl groups is 1. The second kappa shape index (κ2) is 10.5. The van der Waals surface area contributed by atoms with Crippen LogP contribution in [-0.2, 0) is 19.4 Å². The summed E-state index contributed by atoms with van der Waals surface area (Å²) in [7, 11) is -0.984. The number of sulfone groups is 1. The maximum absolute atomic E-state index is 10.4. The minimum atomic E-state index is -2.55. The Morgan fingerprint density at radius 3 is 1.76 bits per heavy atom. The molecule has 0 spiro atoms. The van der Waals surface area contributed by atoms with Crippen molar-refractivity contribution in [2.75, 3.05) is 25.2 Å². The van der Waals surface area contributed by atoms with Gasteiger partial charge in [0.25, 0.3) is 5.97 Å². The van der Waals surface area contributed by atoms with Gasteiger partial charge in [-0.2, -0.15) is 0 Å². The molecule has 2 N–H and O–H groups in total. The average molecular weight is 270 g/mol. The van der Waals surface area contributed by atoms with Crippen molar-refractivity contribution >= 4 is 15.8 Å². The van der Waals surface area contributed by atoms with Gasteiger partial charge in [-0.15, -0.1) is 0 Å². The highest BCUT2D eigenvalue weighted by Gasteiger charge is 2.16. The van der Waals surface area contributed by atoms with Crippen molar-refractivity contribution in [3.63, 3.8) is 0 Å². The van der Waals surface area contributed by atoms with Gasteiger partial charge in [0.05, 0.1) is 24.2 Å². The lowest BCUT2D eigenvalue weighted by atomic mass is 10.4. The highest BCUT2D eigenvalue weighted by Crippen LogP contribution is 2.08. The van der Waals surface area contributed by atoms with Gasteiger partial charge in [-0.3, -0.25) is 4.79 Å². The van der Waals surface area contributed by atoms with E-state index in [0.29, 0.717) is 18.1 Å². The van der Waals surface area contributed by atoms with Crippen molar-refractivity contribution in [1.82, 2.24) is 0 Å². The Bertz CT molecular complexity index is 267. The Labute approximate surface area is 103 Å². The number of hydrogen-bond acceptors (Lipinski definition) is 5. The molecule has 1 rings (SSSR count). The Morgan fingerprint density at radius 1 is 1.35 bits per heavy atom. The zero-order chi connectivity index (χ0) is 13.9. The SMILES string of the molecule is CC(=O)O.COCC(C)O.O=S1(=O)CCCC1. The van der Waals surface area contributed by atoms with Gasteiger partial charge in [-0.1, -0.05) is 0 Å². The molecule has 1 heterocycles. The molecule has 17 heavy (non-hydrogen) atoms. The predicted molar refractivity (Wildman–Crippen MR) is 64.8 cm³/mol. The minimum absolute atomic E-state index is 0.324. The summed E-state index contributed by atoms with van der Waals surface area (Å²) in [5.74, 6) is 0.0139. The lowest BCUT2D eigenvalue weighted by Gasteiger charge is -1.97. The molecular weight excluding hydrogens is 248 g/mol. The van der Waals surface area contributed by atoms with E-state index in [9.17, 15) is 8.42 Å². The van der Waals surface area contributed by atoms with Crippen LogP contribution in [0.2, 0.25) is 0 Å². The summed E-state index contributed by atoms with van der Waals surface area (Å²) in [5.41, 5.74) is 0. The molecule has 0 bridgehead atoms. The number of ether oxygens (including phenoxy) is 1. The number of hydrogen-bond donors (Lipinski definition) is 2. The molecule has 0 aliphatic carbocycles. The normalized spacial score (nSPS) is 18.1. The number of rotatable bonds is 2. The van der Waals surface area contributed by atoms with E-state index in [4.69, 9.17) is 15.0 Å². The Kier molecular flexibility index (Phi) is 11.5. The summed E-state index contributed by atoms with van der Waals surface area (Å²) in [5, 5.41) is 15.8. The molecule has 1 saturated heterocycles. The molecule has 1 fully saturated rings. The maximum Gasteiger partial charge on any atom is 0.300 e. The van der Waals surface area contributed by atoms with Crippen LogP contribution in [0, 0.1) is 0 Å². The third kappa shape index (κ3) is 21.2. The van der Waals surface area contributed by atoms with Crippen LogP contribution in [0.4, 0.5) is 0 Å². The molecule has 104 valence electrons. The van der Waals surface area contributed by atoms with Crippen LogP contribution in [0.25, 0.3) is 0 Å². The molecule has 0 radical (unpaired) electrons. The van der Waals surface area contributed by atoms with Gasteiger partial charge >= 0.3 is 0 Å². The first kappa shape index (κ1) is 18.7. The summed E-state index contributed by atoms with van der Waals surface area (Å²) < 4.78 is 25.4. The molecule has 1 atom stereocenters. The largest absolute Gasteiger partial charge is 0.481 e. The van der Waals surface area contributed by atoms with Crippen molar-refractivity contribution in [3.05, 3.63) is 0 Å². The summed E-state index contributed by atoms with van der Waals surface area (Å²) in [6, 6.07) is 0. The maximum atomic E-state index is 10.4. The minimum Gasteiger partial charge on any atom is -0.481 e. The Balaban J connectivity index is 0. The highest BCUT2D eigenvalue weighted by atomic mass is 32.2. The van der Waals surface area contributed by atoms with E-state index < -0.39 is 15.8 Å². The number of aliphatic hydroxyl groups excluding tert-OH is 1. The van der Waals surface area contributed by atoms with Gasteiger partial charge in [0.2, 0.25) is 0 Å². The number of aliphatic carboxylic acids is 1. The van der Waals surface area contributed by atoms with Crippen molar-refractivity contribution in [2.24, 2.45) is 0 Å². The monoisotopic (exact) mass is 270 g/mol. The van der Waals surface area contributed by atoms with Crippen LogP contribution in [0.3, 0.4) is 0 Å². The number of carboxylic acids is 1. The van der Waals surface area contributed by atoms with Crippen molar-refractivity contribution < 1.29 is 28.2 Å². The zero-order valence-corrected chi connectivity index (χ0v) is 11.4. The summed E-state index contributed by atoms with van der Waals surface area (Å²) in [6.45, 7) is 3.20. The number of methoxy groups -OCH3 is 1. The van der Waals surface area contributed by atoms with Gasteiger partial charge < -0.3 is 14.9 Å². The molecule has 1 aliphatic heterocycles. The molecule has 7 heteroatoms. The topological polar surface area (TPSA) is 101 Å². The van der Waals surface area contributed by atoms with E-state index in [1.165, 1.54) is 0 Å². The van der Waals surface area contributed by atoms with Crippen LogP contribution in [0.1, 0.15) is 26.7 Å². The second-order valence-corrected chi connectivity index (χ2v) is 5.99. The molecular formula is C10H22O6S. The molecule has 6 nitrogen and oxygen atoms in total. The van der Waals surface area contributed by atoms with E-state index in [2.05, 4.69) is 4.74 Å². The Morgan fingerprint density at radius 2 is 1.71 bits per heavy atom. The van der Waals surface area contributed by atoms with Crippen LogP contribution >= 0.6 is 0 Å². The van der Waals surface area contributed by atoms with Crippen molar-refractivity contribution in [3.8, 4) is 0 Å². The van der Waals surface area contributed by atoms with E-state index in [1.54, 1.807) is 14.0 Å². The highest BCUT2D eigenvalue weighted by molar-refractivity contribution is 7.91. The van der Waals surface area contributed by atoms with Crippen molar-refractivity contribution in [1.29, 1.82) is 0 Å². The van der Waals surface area contributed by atoms with Crippen molar-refractivity contribution in [2.45, 2.75) is 32.8 Å². The van der Waals surface area contributed by atoms with Crippen LogP contribution in [0.5, 0.6) is 0 Å². The molecule has 1 unspecified atom stereocenters. The van der Waals surface area contributed by atoms with Gasteiger partial charge in [0.15, 0.2) is 0 Å². The van der Waals surface area contributed by atoms with E-state index in [-0.39, 0.29) is 6.10 Å². The number of carboxylic acid groups (broad SMARTS) is 1. The smallest absolute Gasteiger partial charge is 0.300 e. The summed E-state index contributed by atoms with van der Waals surface area (Å²) in [6.07, 6.45) is 1.43. The molecule has 0 aromatic heterocycles. The molecule has 0 aromatic rings. The van der Waals surface area contributed by atoms with E-state index in [1.807, 2.05) is 0 Å². The van der Waals surface area contributed by atoms with Gasteiger partial charge in [0.1, 0.15) is 9.84 Å². The van der Waals surface area contributed by atoms with E-state index >= 15 is 0 Å². The zero-order valence-electron chi connectivity index (χ0n) is 10.5. The fourth-order valence-corrected chi connectivity index (χ4v) is 2.48. The lowest BCUT2D eigenvalue weighted by molar-refractivity contribution is -0.134. The van der Waals surface area contributed by atoms with Crippen LogP contribution < -0.4 is 0 Å². The number of carbonyl (C=O) groups is 1. The average Bonchev–Trinajstić information content (AvgIpc) is 2.49. The van der Waals surface area contributed by atoms with E-state index in [0.717, 1.165) is 19.8 Å². The first-order chi connectivity index (χ1) is 7.71. The summed E-state index contributed by atoms with van der Waals surface area (Å²) >= 11 is 0. The third-order valence-corrected chi connectivity index (χ3v) is 3.39. The van der Waals surface area contributed by atoms with Gasteiger partial charge in [0, 0.05) is 14.0 Å².